The summed E-state index contributed by atoms with van der Waals surface area (Å²) in [4.78, 5) is 0. The summed E-state index contributed by atoms with van der Waals surface area (Å²) in [6, 6.07) is 16.4. The molecule has 96 valence electrons. The number of rotatable bonds is 3. The Morgan fingerprint density at radius 1 is 1.11 bits per heavy atom. The second-order valence-corrected chi connectivity index (χ2v) is 4.51. The summed E-state index contributed by atoms with van der Waals surface area (Å²) in [5.41, 5.74) is 3.34. The fraction of sp³-hybridized carbons (Fsp3) is 0.188. The molecule has 0 saturated carbocycles. The molecule has 0 fully saturated rings. The molecule has 2 aromatic carbocycles. The highest BCUT2D eigenvalue weighted by atomic mass is 16.5. The van der Waals surface area contributed by atoms with Gasteiger partial charge in [0.05, 0.1) is 23.2 Å². The van der Waals surface area contributed by atoms with Gasteiger partial charge in [0.15, 0.2) is 0 Å². The van der Waals surface area contributed by atoms with Gasteiger partial charge >= 0.3 is 0 Å². The third-order valence-corrected chi connectivity index (χ3v) is 3.08. The zero-order chi connectivity index (χ0) is 13.2. The minimum atomic E-state index is 0.620. The molecule has 0 N–H and O–H groups in total. The number of hydrogen-bond donors (Lipinski definition) is 0. The molecule has 19 heavy (non-hydrogen) atoms. The van der Waals surface area contributed by atoms with Crippen LogP contribution in [0.4, 0.5) is 0 Å². The second kappa shape index (κ2) is 4.76. The van der Waals surface area contributed by atoms with Crippen molar-refractivity contribution in [1.82, 2.24) is 9.78 Å². The highest BCUT2D eigenvalue weighted by Crippen LogP contribution is 2.28. The molecule has 0 aliphatic rings. The average molecular weight is 252 g/mol. The second-order valence-electron chi connectivity index (χ2n) is 4.51. The lowest BCUT2D eigenvalue weighted by atomic mass is 10.2. The summed E-state index contributed by atoms with van der Waals surface area (Å²) in [5, 5.41) is 5.64. The summed E-state index contributed by atoms with van der Waals surface area (Å²) in [5.74, 6) is 0.696. The van der Waals surface area contributed by atoms with Crippen LogP contribution in [0, 0.1) is 6.92 Å². The van der Waals surface area contributed by atoms with Crippen molar-refractivity contribution in [3.05, 3.63) is 54.1 Å². The van der Waals surface area contributed by atoms with Gasteiger partial charge in [0.2, 0.25) is 5.88 Å². The predicted octanol–water partition coefficient (Wildman–Crippen LogP) is 3.73. The summed E-state index contributed by atoms with van der Waals surface area (Å²) < 4.78 is 7.57. The lowest BCUT2D eigenvalue weighted by Gasteiger charge is -2.02. The number of aryl methyl sites for hydroxylation is 1. The molecule has 1 heterocycles. The Kier molecular flexibility index (Phi) is 2.95. The molecule has 0 bridgehead atoms. The summed E-state index contributed by atoms with van der Waals surface area (Å²) in [6.45, 7) is 4.68. The predicted molar refractivity (Wildman–Crippen MR) is 77.0 cm³/mol. The fourth-order valence-corrected chi connectivity index (χ4v) is 2.21. The number of nitrogens with zero attached hydrogens (tertiary/aromatic N) is 2. The molecule has 0 radical (unpaired) electrons. The molecule has 3 aromatic rings. The van der Waals surface area contributed by atoms with Gasteiger partial charge in [0, 0.05) is 0 Å². The fourth-order valence-electron chi connectivity index (χ4n) is 2.21. The Bertz CT molecular complexity index is 701. The first-order valence-corrected chi connectivity index (χ1v) is 6.47. The van der Waals surface area contributed by atoms with E-state index in [1.165, 1.54) is 5.56 Å². The Balaban J connectivity index is 2.26. The van der Waals surface area contributed by atoms with E-state index in [1.807, 2.05) is 41.9 Å². The molecule has 3 heteroatoms. The largest absolute Gasteiger partial charge is 0.476 e. The van der Waals surface area contributed by atoms with Crippen LogP contribution in [-0.4, -0.2) is 16.4 Å². The van der Waals surface area contributed by atoms with E-state index in [1.54, 1.807) is 0 Å². The third kappa shape index (κ3) is 2.08. The van der Waals surface area contributed by atoms with Crippen molar-refractivity contribution in [3.63, 3.8) is 0 Å². The normalized spacial score (nSPS) is 10.8. The van der Waals surface area contributed by atoms with Crippen molar-refractivity contribution < 1.29 is 4.74 Å². The maximum Gasteiger partial charge on any atom is 0.241 e. The van der Waals surface area contributed by atoms with E-state index in [2.05, 4.69) is 30.2 Å². The molecule has 0 aliphatic heterocycles. The molecule has 0 saturated heterocycles. The van der Waals surface area contributed by atoms with E-state index in [0.29, 0.717) is 12.5 Å². The number of para-hydroxylation sites is 1. The van der Waals surface area contributed by atoms with Gasteiger partial charge in [-0.3, -0.25) is 0 Å². The topological polar surface area (TPSA) is 27.1 Å². The van der Waals surface area contributed by atoms with E-state index in [4.69, 9.17) is 4.74 Å². The van der Waals surface area contributed by atoms with Crippen LogP contribution in [-0.2, 0) is 0 Å². The van der Waals surface area contributed by atoms with Crippen molar-refractivity contribution >= 4 is 10.9 Å². The highest BCUT2D eigenvalue weighted by Gasteiger charge is 2.12. The summed E-state index contributed by atoms with van der Waals surface area (Å²) >= 11 is 0. The molecule has 0 unspecified atom stereocenters. The Hall–Kier alpha value is -2.29. The number of hydrogen-bond acceptors (Lipinski definition) is 2. The van der Waals surface area contributed by atoms with Gasteiger partial charge in [-0.1, -0.05) is 24.3 Å². The monoisotopic (exact) mass is 252 g/mol. The van der Waals surface area contributed by atoms with E-state index in [0.717, 1.165) is 16.6 Å². The lowest BCUT2D eigenvalue weighted by Crippen LogP contribution is -1.97. The lowest BCUT2D eigenvalue weighted by molar-refractivity contribution is 0.328. The molecule has 3 nitrogen and oxygen atoms in total. The van der Waals surface area contributed by atoms with Crippen molar-refractivity contribution in [2.24, 2.45) is 0 Å². The molecule has 3 rings (SSSR count). The SMILES string of the molecule is CCOc1nn(-c2ccccc2)c2cc(C)ccc12. The number of aromatic nitrogens is 2. The first-order chi connectivity index (χ1) is 9.29. The highest BCUT2D eigenvalue weighted by molar-refractivity contribution is 5.86. The van der Waals surface area contributed by atoms with Gasteiger partial charge in [0.25, 0.3) is 0 Å². The van der Waals surface area contributed by atoms with Crippen LogP contribution in [0.15, 0.2) is 48.5 Å². The van der Waals surface area contributed by atoms with Crippen LogP contribution in [0.25, 0.3) is 16.6 Å². The van der Waals surface area contributed by atoms with Crippen molar-refractivity contribution in [3.8, 4) is 11.6 Å². The van der Waals surface area contributed by atoms with Crippen LogP contribution in [0.5, 0.6) is 5.88 Å². The molecule has 0 spiro atoms. The minimum absolute atomic E-state index is 0.620. The Morgan fingerprint density at radius 2 is 1.89 bits per heavy atom. The van der Waals surface area contributed by atoms with Gasteiger partial charge in [-0.25, -0.2) is 4.68 Å². The van der Waals surface area contributed by atoms with Crippen LogP contribution in [0.1, 0.15) is 12.5 Å². The van der Waals surface area contributed by atoms with Gasteiger partial charge in [-0.2, -0.15) is 0 Å². The molecule has 0 amide bonds. The molecular formula is C16H16N2O. The number of benzene rings is 2. The zero-order valence-electron chi connectivity index (χ0n) is 11.1. The van der Waals surface area contributed by atoms with Crippen molar-refractivity contribution in [2.45, 2.75) is 13.8 Å². The summed E-state index contributed by atoms with van der Waals surface area (Å²) in [7, 11) is 0. The number of fused-ring (bicyclic) bond motifs is 1. The maximum absolute atomic E-state index is 5.63. The first kappa shape index (κ1) is 11.8. The van der Waals surface area contributed by atoms with Crippen LogP contribution >= 0.6 is 0 Å². The Morgan fingerprint density at radius 3 is 2.63 bits per heavy atom. The van der Waals surface area contributed by atoms with Crippen LogP contribution in [0.2, 0.25) is 0 Å². The standard InChI is InChI=1S/C16H16N2O/c1-3-19-16-14-10-9-12(2)11-15(14)18(17-16)13-7-5-4-6-8-13/h4-11H,3H2,1-2H3. The molecular weight excluding hydrogens is 236 g/mol. The molecule has 1 aromatic heterocycles. The molecule has 0 aliphatic carbocycles. The van der Waals surface area contributed by atoms with Gasteiger partial charge < -0.3 is 4.74 Å². The van der Waals surface area contributed by atoms with E-state index in [-0.39, 0.29) is 0 Å². The van der Waals surface area contributed by atoms with Crippen LogP contribution < -0.4 is 4.74 Å². The smallest absolute Gasteiger partial charge is 0.241 e. The molecule has 0 atom stereocenters. The van der Waals surface area contributed by atoms with Crippen molar-refractivity contribution in [1.29, 1.82) is 0 Å². The van der Waals surface area contributed by atoms with E-state index >= 15 is 0 Å². The van der Waals surface area contributed by atoms with Crippen molar-refractivity contribution in [2.75, 3.05) is 6.61 Å². The maximum atomic E-state index is 5.63. The zero-order valence-corrected chi connectivity index (χ0v) is 11.1. The van der Waals surface area contributed by atoms with Crippen LogP contribution in [0.3, 0.4) is 0 Å². The van der Waals surface area contributed by atoms with Gasteiger partial charge in [-0.15, -0.1) is 5.10 Å². The van der Waals surface area contributed by atoms with Gasteiger partial charge in [-0.05, 0) is 43.7 Å². The first-order valence-electron chi connectivity index (χ1n) is 6.47. The summed E-state index contributed by atoms with van der Waals surface area (Å²) in [6.07, 6.45) is 0. The van der Waals surface area contributed by atoms with E-state index < -0.39 is 0 Å². The Labute approximate surface area is 112 Å². The van der Waals surface area contributed by atoms with Gasteiger partial charge in [0.1, 0.15) is 0 Å². The van der Waals surface area contributed by atoms with E-state index in [9.17, 15) is 0 Å². The third-order valence-electron chi connectivity index (χ3n) is 3.08. The minimum Gasteiger partial charge on any atom is -0.476 e. The quantitative estimate of drug-likeness (QED) is 0.710. The number of ether oxygens (including phenoxy) is 1. The average Bonchev–Trinajstić information content (AvgIpc) is 2.78.